The molecular weight excluding hydrogens is 198 g/mol. The van der Waals surface area contributed by atoms with Crippen molar-refractivity contribution in [2.24, 2.45) is 11.3 Å². The first-order chi connectivity index (χ1) is 6.45. The summed E-state index contributed by atoms with van der Waals surface area (Å²) in [6.07, 6.45) is 2.12. The molecule has 0 aromatic carbocycles. The summed E-state index contributed by atoms with van der Waals surface area (Å²) >= 11 is 5.79. The second-order valence-electron chi connectivity index (χ2n) is 5.14. The zero-order valence-electron chi connectivity index (χ0n) is 9.35. The summed E-state index contributed by atoms with van der Waals surface area (Å²) in [4.78, 5) is 13.9. The van der Waals surface area contributed by atoms with E-state index in [-0.39, 0.29) is 11.3 Å². The summed E-state index contributed by atoms with van der Waals surface area (Å²) in [6.45, 7) is 7.69. The molecule has 0 aliphatic carbocycles. The maximum absolute atomic E-state index is 11.9. The van der Waals surface area contributed by atoms with Crippen LogP contribution in [0, 0.1) is 11.3 Å². The molecule has 0 aromatic heterocycles. The minimum absolute atomic E-state index is 0.242. The fourth-order valence-corrected chi connectivity index (χ4v) is 2.07. The van der Waals surface area contributed by atoms with Crippen molar-refractivity contribution in [2.45, 2.75) is 33.6 Å². The molecule has 1 aliphatic heterocycles. The second-order valence-corrected chi connectivity index (χ2v) is 5.45. The van der Waals surface area contributed by atoms with Crippen LogP contribution in [0.25, 0.3) is 0 Å². The molecule has 1 fully saturated rings. The molecule has 0 unspecified atom stereocenters. The van der Waals surface area contributed by atoms with Gasteiger partial charge in [0.05, 0.1) is 0 Å². The van der Waals surface area contributed by atoms with Gasteiger partial charge >= 0.3 is 0 Å². The average Bonchev–Trinajstić information content (AvgIpc) is 2.15. The lowest BCUT2D eigenvalue weighted by Crippen LogP contribution is -2.44. The maximum Gasteiger partial charge on any atom is 0.227 e. The quantitative estimate of drug-likeness (QED) is 0.619. The lowest BCUT2D eigenvalue weighted by molar-refractivity contribution is -0.140. The van der Waals surface area contributed by atoms with Crippen molar-refractivity contribution in [3.8, 4) is 0 Å². The van der Waals surface area contributed by atoms with Gasteiger partial charge in [0.15, 0.2) is 0 Å². The second kappa shape index (κ2) is 4.52. The van der Waals surface area contributed by atoms with Gasteiger partial charge in [-0.3, -0.25) is 4.79 Å². The van der Waals surface area contributed by atoms with E-state index in [1.807, 2.05) is 25.7 Å². The number of piperidine rings is 1. The van der Waals surface area contributed by atoms with E-state index in [1.54, 1.807) is 0 Å². The average molecular weight is 218 g/mol. The molecule has 14 heavy (non-hydrogen) atoms. The molecule has 0 aromatic rings. The summed E-state index contributed by atoms with van der Waals surface area (Å²) in [5.41, 5.74) is -0.242. The summed E-state index contributed by atoms with van der Waals surface area (Å²) < 4.78 is 0. The van der Waals surface area contributed by atoms with Crippen LogP contribution in [0.3, 0.4) is 0 Å². The molecule has 1 heterocycles. The van der Waals surface area contributed by atoms with E-state index >= 15 is 0 Å². The predicted molar refractivity (Wildman–Crippen MR) is 59.5 cm³/mol. The largest absolute Gasteiger partial charge is 0.342 e. The molecule has 0 bridgehead atoms. The van der Waals surface area contributed by atoms with Crippen molar-refractivity contribution < 1.29 is 4.79 Å². The van der Waals surface area contributed by atoms with E-state index in [9.17, 15) is 4.79 Å². The fourth-order valence-electron chi connectivity index (χ4n) is 1.76. The molecule has 0 spiro atoms. The highest BCUT2D eigenvalue weighted by molar-refractivity contribution is 6.18. The molecule has 2 nitrogen and oxygen atoms in total. The Hall–Kier alpha value is -0.240. The molecule has 0 N–H and O–H groups in total. The molecule has 0 radical (unpaired) electrons. The van der Waals surface area contributed by atoms with Crippen LogP contribution >= 0.6 is 11.6 Å². The van der Waals surface area contributed by atoms with Crippen LogP contribution < -0.4 is 0 Å². The highest BCUT2D eigenvalue weighted by Crippen LogP contribution is 2.23. The molecule has 0 atom stereocenters. The first-order valence-corrected chi connectivity index (χ1v) is 5.84. The van der Waals surface area contributed by atoms with Gasteiger partial charge in [-0.15, -0.1) is 11.6 Å². The zero-order valence-corrected chi connectivity index (χ0v) is 10.1. The number of rotatable bonds is 1. The fraction of sp³-hybridized carbons (Fsp3) is 0.909. The molecule has 0 saturated carbocycles. The van der Waals surface area contributed by atoms with Crippen LogP contribution in [-0.2, 0) is 4.79 Å². The van der Waals surface area contributed by atoms with Gasteiger partial charge in [0.1, 0.15) is 0 Å². The Labute approximate surface area is 91.6 Å². The molecule has 82 valence electrons. The van der Waals surface area contributed by atoms with Gasteiger partial charge in [-0.25, -0.2) is 0 Å². The number of amides is 1. The van der Waals surface area contributed by atoms with Gasteiger partial charge in [0.2, 0.25) is 5.91 Å². The number of carbonyl (C=O) groups excluding carboxylic acids is 1. The Bertz CT molecular complexity index is 202. The first-order valence-electron chi connectivity index (χ1n) is 5.30. The minimum atomic E-state index is -0.242. The van der Waals surface area contributed by atoms with Crippen LogP contribution in [0.1, 0.15) is 33.6 Å². The van der Waals surface area contributed by atoms with Crippen LogP contribution in [0.15, 0.2) is 0 Å². The summed E-state index contributed by atoms with van der Waals surface area (Å²) in [7, 11) is 0. The third kappa shape index (κ3) is 2.88. The Morgan fingerprint density at radius 3 is 2.21 bits per heavy atom. The minimum Gasteiger partial charge on any atom is -0.342 e. The Morgan fingerprint density at radius 2 is 1.86 bits per heavy atom. The third-order valence-electron chi connectivity index (χ3n) is 2.76. The lowest BCUT2D eigenvalue weighted by atomic mass is 9.92. The van der Waals surface area contributed by atoms with E-state index in [0.29, 0.717) is 5.92 Å². The Kier molecular flexibility index (Phi) is 3.82. The predicted octanol–water partition coefficient (Wildman–Crippen LogP) is 2.51. The van der Waals surface area contributed by atoms with Gasteiger partial charge in [0.25, 0.3) is 0 Å². The lowest BCUT2D eigenvalue weighted by Gasteiger charge is -2.35. The Morgan fingerprint density at radius 1 is 1.36 bits per heavy atom. The van der Waals surface area contributed by atoms with Gasteiger partial charge in [-0.2, -0.15) is 0 Å². The topological polar surface area (TPSA) is 20.3 Å². The standard InChI is InChI=1S/C11H20ClNO/c1-11(2,3)10(14)13-6-4-9(8-12)5-7-13/h9H,4-8H2,1-3H3. The summed E-state index contributed by atoms with van der Waals surface area (Å²) in [6, 6.07) is 0. The molecule has 1 amide bonds. The van der Waals surface area contributed by atoms with Gasteiger partial charge in [0, 0.05) is 24.4 Å². The van der Waals surface area contributed by atoms with Crippen LogP contribution in [0.4, 0.5) is 0 Å². The van der Waals surface area contributed by atoms with Crippen molar-refractivity contribution in [1.82, 2.24) is 4.90 Å². The smallest absolute Gasteiger partial charge is 0.227 e. The number of halogens is 1. The number of hydrogen-bond acceptors (Lipinski definition) is 1. The monoisotopic (exact) mass is 217 g/mol. The summed E-state index contributed by atoms with van der Waals surface area (Å²) in [5.74, 6) is 1.61. The molecule has 1 rings (SSSR count). The highest BCUT2D eigenvalue weighted by Gasteiger charge is 2.29. The normalized spacial score (nSPS) is 19.9. The number of carbonyl (C=O) groups is 1. The van der Waals surface area contributed by atoms with E-state index < -0.39 is 0 Å². The van der Waals surface area contributed by atoms with Crippen molar-refractivity contribution in [2.75, 3.05) is 19.0 Å². The third-order valence-corrected chi connectivity index (χ3v) is 3.20. The molecule has 1 saturated heterocycles. The molecular formula is C11H20ClNO. The van der Waals surface area contributed by atoms with E-state index in [2.05, 4.69) is 0 Å². The maximum atomic E-state index is 11.9. The number of likely N-dealkylation sites (tertiary alicyclic amines) is 1. The number of nitrogens with zero attached hydrogens (tertiary/aromatic N) is 1. The van der Waals surface area contributed by atoms with Crippen molar-refractivity contribution in [1.29, 1.82) is 0 Å². The van der Waals surface area contributed by atoms with Crippen molar-refractivity contribution in [3.63, 3.8) is 0 Å². The highest BCUT2D eigenvalue weighted by atomic mass is 35.5. The summed E-state index contributed by atoms with van der Waals surface area (Å²) in [5, 5.41) is 0. The van der Waals surface area contributed by atoms with Crippen molar-refractivity contribution >= 4 is 17.5 Å². The van der Waals surface area contributed by atoms with E-state index in [1.165, 1.54) is 0 Å². The van der Waals surface area contributed by atoms with Crippen LogP contribution in [0.2, 0.25) is 0 Å². The van der Waals surface area contributed by atoms with E-state index in [0.717, 1.165) is 31.8 Å². The number of hydrogen-bond donors (Lipinski definition) is 0. The van der Waals surface area contributed by atoms with Gasteiger partial charge in [-0.1, -0.05) is 20.8 Å². The Balaban J connectivity index is 2.46. The van der Waals surface area contributed by atoms with Crippen LogP contribution in [-0.4, -0.2) is 29.8 Å². The van der Waals surface area contributed by atoms with Gasteiger partial charge < -0.3 is 4.90 Å². The van der Waals surface area contributed by atoms with Gasteiger partial charge in [-0.05, 0) is 18.8 Å². The molecule has 3 heteroatoms. The number of alkyl halides is 1. The first kappa shape index (κ1) is 11.8. The van der Waals surface area contributed by atoms with Crippen molar-refractivity contribution in [3.05, 3.63) is 0 Å². The van der Waals surface area contributed by atoms with E-state index in [4.69, 9.17) is 11.6 Å². The molecule has 1 aliphatic rings. The SMILES string of the molecule is CC(C)(C)C(=O)N1CCC(CCl)CC1. The van der Waals surface area contributed by atoms with Crippen LogP contribution in [0.5, 0.6) is 0 Å². The zero-order chi connectivity index (χ0) is 10.8.